The molecule has 0 unspecified atom stereocenters. The Balaban J connectivity index is 2.16. The number of alkyl halides is 2. The minimum absolute atomic E-state index is 0.0145. The Morgan fingerprint density at radius 2 is 1.92 bits per heavy atom. The fourth-order valence-electron chi connectivity index (χ4n) is 1.70. The van der Waals surface area contributed by atoms with E-state index in [0.29, 0.717) is 12.3 Å². The molecular weight excluding hydrogens is 189 g/mol. The van der Waals surface area contributed by atoms with Crippen LogP contribution in [0, 0.1) is 5.92 Å². The van der Waals surface area contributed by atoms with E-state index in [-0.39, 0.29) is 22.7 Å². The monoisotopic (exact) mass is 206 g/mol. The third kappa shape index (κ3) is 4.92. The second kappa shape index (κ2) is 4.70. The molecule has 1 aliphatic heterocycles. The topological polar surface area (TPSA) is 29.3 Å². The number of hydrazine groups is 1. The summed E-state index contributed by atoms with van der Waals surface area (Å²) in [6, 6.07) is 0. The lowest BCUT2D eigenvalue weighted by molar-refractivity contribution is 0.0698. The van der Waals surface area contributed by atoms with E-state index in [2.05, 4.69) is 0 Å². The van der Waals surface area contributed by atoms with Gasteiger partial charge in [-0.25, -0.2) is 13.8 Å². The molecule has 0 aliphatic carbocycles. The van der Waals surface area contributed by atoms with Crippen LogP contribution < -0.4 is 5.84 Å². The molecule has 1 saturated heterocycles. The number of nitrogens with zero attached hydrogens (tertiary/aromatic N) is 1. The standard InChI is InChI=1S/C8H15F2N2.Al.2H/c9-8(10)2-1-7-3-5-12(11)6-4-7;;;/h7H,1-6,11H2;;;. The number of hydrogen-bond donors (Lipinski definition) is 1. The predicted octanol–water partition coefficient (Wildman–Crippen LogP) is 0.578. The molecule has 0 radical (unpaired) electrons. The fraction of sp³-hybridized carbons (Fsp3) is 1.00. The minimum Gasteiger partial charge on any atom is -0.269 e. The average molecular weight is 206 g/mol. The Kier molecular flexibility index (Phi) is 4.12. The first-order valence-corrected chi connectivity index (χ1v) is 5.85. The molecule has 0 saturated carbocycles. The molecule has 0 aromatic carbocycles. The maximum absolute atomic E-state index is 12.6. The van der Waals surface area contributed by atoms with E-state index in [1.807, 2.05) is 0 Å². The van der Waals surface area contributed by atoms with Crippen molar-refractivity contribution in [1.29, 1.82) is 0 Å². The molecule has 2 nitrogen and oxygen atoms in total. The number of rotatable bonds is 3. The highest BCUT2D eigenvalue weighted by atomic mass is 27.0. The molecule has 2 N–H and O–H groups in total. The molecule has 0 atom stereocenters. The third-order valence-corrected chi connectivity index (χ3v) is 3.14. The van der Waals surface area contributed by atoms with Crippen molar-refractivity contribution >= 4 is 16.3 Å². The van der Waals surface area contributed by atoms with Crippen LogP contribution in [0.4, 0.5) is 8.78 Å². The van der Waals surface area contributed by atoms with Crippen LogP contribution in [0.3, 0.4) is 0 Å². The van der Waals surface area contributed by atoms with Gasteiger partial charge >= 0.3 is 16.3 Å². The van der Waals surface area contributed by atoms with Gasteiger partial charge in [-0.2, -0.15) is 0 Å². The van der Waals surface area contributed by atoms with Crippen molar-refractivity contribution in [2.45, 2.75) is 30.5 Å². The molecule has 1 rings (SSSR count). The van der Waals surface area contributed by atoms with Gasteiger partial charge in [-0.1, -0.05) is 0 Å². The van der Waals surface area contributed by atoms with Crippen molar-refractivity contribution in [3.63, 3.8) is 0 Å². The summed E-state index contributed by atoms with van der Waals surface area (Å²) < 4.78 is 25.2. The molecule has 5 heteroatoms. The largest absolute Gasteiger partial charge is 0.326 e. The Morgan fingerprint density at radius 3 is 2.38 bits per heavy atom. The molecule has 0 spiro atoms. The van der Waals surface area contributed by atoms with E-state index in [1.165, 1.54) is 0 Å². The van der Waals surface area contributed by atoms with Crippen LogP contribution in [0.25, 0.3) is 0 Å². The van der Waals surface area contributed by atoms with E-state index in [0.717, 1.165) is 25.9 Å². The summed E-state index contributed by atoms with van der Waals surface area (Å²) in [6.07, 6.45) is 2.71. The van der Waals surface area contributed by atoms with E-state index in [9.17, 15) is 8.78 Å². The maximum atomic E-state index is 12.6. The first-order valence-electron chi connectivity index (χ1n) is 4.85. The molecule has 76 valence electrons. The lowest BCUT2D eigenvalue weighted by Gasteiger charge is -2.29. The number of hydrogen-bond acceptors (Lipinski definition) is 2. The maximum Gasteiger partial charge on any atom is 0.326 e. The van der Waals surface area contributed by atoms with Crippen LogP contribution in [0.1, 0.15) is 25.7 Å². The van der Waals surface area contributed by atoms with Crippen molar-refractivity contribution in [2.75, 3.05) is 13.1 Å². The van der Waals surface area contributed by atoms with Crippen LogP contribution in [0.2, 0.25) is 0 Å². The SMILES string of the molecule is NN1CCC(CC[C](F)(F)[AlH2])CC1. The molecule has 0 bridgehead atoms. The smallest absolute Gasteiger partial charge is 0.269 e. The van der Waals surface area contributed by atoms with Crippen LogP contribution in [0.5, 0.6) is 0 Å². The van der Waals surface area contributed by atoms with Gasteiger partial charge in [0.2, 0.25) is 0 Å². The van der Waals surface area contributed by atoms with Crippen LogP contribution >= 0.6 is 0 Å². The third-order valence-electron chi connectivity index (χ3n) is 2.64. The van der Waals surface area contributed by atoms with Crippen LogP contribution in [-0.4, -0.2) is 39.2 Å². The van der Waals surface area contributed by atoms with Gasteiger partial charge in [0.1, 0.15) is 0 Å². The quantitative estimate of drug-likeness (QED) is 0.540. The zero-order valence-corrected chi connectivity index (χ0v) is 10.1. The van der Waals surface area contributed by atoms with Crippen molar-refractivity contribution in [1.82, 2.24) is 5.01 Å². The fourth-order valence-corrected chi connectivity index (χ4v) is 1.99. The van der Waals surface area contributed by atoms with Crippen LogP contribution in [-0.2, 0) is 0 Å². The van der Waals surface area contributed by atoms with E-state index in [4.69, 9.17) is 5.84 Å². The molecule has 1 aliphatic rings. The molecule has 1 heterocycles. The van der Waals surface area contributed by atoms with Gasteiger partial charge in [-0.15, -0.1) is 0 Å². The molecule has 0 aromatic heterocycles. The van der Waals surface area contributed by atoms with Gasteiger partial charge in [0.15, 0.2) is 4.78 Å². The lowest BCUT2D eigenvalue weighted by atomic mass is 9.93. The Hall–Kier alpha value is 0.312. The molecule has 1 fully saturated rings. The van der Waals surface area contributed by atoms with Gasteiger partial charge in [0.25, 0.3) is 0 Å². The molecule has 0 aromatic rings. The first-order chi connectivity index (χ1) is 5.97. The summed E-state index contributed by atoms with van der Waals surface area (Å²) >= 11 is -0.0145. The average Bonchev–Trinajstić information content (AvgIpc) is 2.02. The minimum atomic E-state index is -2.36. The zero-order chi connectivity index (χ0) is 9.90. The number of nitrogens with two attached hydrogens (primary N) is 1. The molecule has 13 heavy (non-hydrogen) atoms. The van der Waals surface area contributed by atoms with Crippen molar-refractivity contribution in [2.24, 2.45) is 11.8 Å². The summed E-state index contributed by atoms with van der Waals surface area (Å²) in [6.45, 7) is 1.72. The van der Waals surface area contributed by atoms with Gasteiger partial charge in [0, 0.05) is 13.1 Å². The summed E-state index contributed by atoms with van der Waals surface area (Å²) in [4.78, 5) is -2.36. The second-order valence-electron chi connectivity index (χ2n) is 4.09. The predicted molar refractivity (Wildman–Crippen MR) is 51.2 cm³/mol. The van der Waals surface area contributed by atoms with E-state index >= 15 is 0 Å². The van der Waals surface area contributed by atoms with Crippen LogP contribution in [0.15, 0.2) is 0 Å². The lowest BCUT2D eigenvalue weighted by Crippen LogP contribution is -2.39. The highest BCUT2D eigenvalue weighted by molar-refractivity contribution is 6.13. The van der Waals surface area contributed by atoms with Gasteiger partial charge in [-0.3, -0.25) is 5.84 Å². The number of piperidine rings is 1. The summed E-state index contributed by atoms with van der Waals surface area (Å²) in [7, 11) is 0. The molecule has 0 amide bonds. The van der Waals surface area contributed by atoms with Crippen molar-refractivity contribution in [3.05, 3.63) is 0 Å². The second-order valence-corrected chi connectivity index (χ2v) is 5.55. The van der Waals surface area contributed by atoms with Gasteiger partial charge in [-0.05, 0) is 31.6 Å². The highest BCUT2D eigenvalue weighted by Crippen LogP contribution is 2.25. The Morgan fingerprint density at radius 1 is 1.38 bits per heavy atom. The highest BCUT2D eigenvalue weighted by Gasteiger charge is 2.24. The normalized spacial score (nSPS) is 22.1. The van der Waals surface area contributed by atoms with Crippen molar-refractivity contribution < 1.29 is 8.78 Å². The first kappa shape index (κ1) is 11.4. The van der Waals surface area contributed by atoms with E-state index < -0.39 is 4.78 Å². The van der Waals surface area contributed by atoms with Gasteiger partial charge in [0.05, 0.1) is 0 Å². The zero-order valence-electron chi connectivity index (χ0n) is 8.10. The summed E-state index contributed by atoms with van der Waals surface area (Å²) in [5.41, 5.74) is 0. The Bertz CT molecular complexity index is 153. The molecular formula is C8H17AlF2N2. The van der Waals surface area contributed by atoms with Gasteiger partial charge < -0.3 is 0 Å². The van der Waals surface area contributed by atoms with E-state index in [1.54, 1.807) is 5.01 Å². The Labute approximate surface area is 85.9 Å². The summed E-state index contributed by atoms with van der Waals surface area (Å²) in [5, 5.41) is 1.77. The van der Waals surface area contributed by atoms with Crippen molar-refractivity contribution in [3.8, 4) is 0 Å². The number of halogens is 2. The summed E-state index contributed by atoms with van der Waals surface area (Å²) in [5.74, 6) is 6.04.